The summed E-state index contributed by atoms with van der Waals surface area (Å²) >= 11 is 0. The van der Waals surface area contributed by atoms with Crippen LogP contribution in [0, 0.1) is 51.1 Å². The van der Waals surface area contributed by atoms with E-state index in [1.165, 1.54) is 12.1 Å². The van der Waals surface area contributed by atoms with E-state index in [1.54, 1.807) is 12.1 Å². The van der Waals surface area contributed by atoms with Gasteiger partial charge in [-0.25, -0.2) is 4.39 Å². The molecule has 2 N–H and O–H groups in total. The van der Waals surface area contributed by atoms with Crippen LogP contribution in [0.1, 0.15) is 18.4 Å². The Labute approximate surface area is 152 Å². The molecule has 1 aliphatic heterocycles. The van der Waals surface area contributed by atoms with E-state index in [9.17, 15) is 20.2 Å². The Morgan fingerprint density at radius 2 is 2.04 bits per heavy atom. The van der Waals surface area contributed by atoms with Crippen molar-refractivity contribution >= 4 is 0 Å². The van der Waals surface area contributed by atoms with Gasteiger partial charge in [0.05, 0.1) is 23.4 Å². The lowest BCUT2D eigenvalue weighted by Gasteiger charge is -2.45. The Hall–Kier alpha value is -3.14. The number of rotatable bonds is 2. The minimum absolute atomic E-state index is 0.0355. The van der Waals surface area contributed by atoms with Crippen LogP contribution in [0.3, 0.4) is 0 Å². The first-order valence-corrected chi connectivity index (χ1v) is 8.43. The Morgan fingerprint density at radius 3 is 2.62 bits per heavy atom. The summed E-state index contributed by atoms with van der Waals surface area (Å²) in [6.45, 7) is 4.06. The van der Waals surface area contributed by atoms with Crippen molar-refractivity contribution in [2.24, 2.45) is 17.1 Å². The van der Waals surface area contributed by atoms with E-state index >= 15 is 0 Å². The molecule has 0 saturated heterocycles. The minimum atomic E-state index is -1.71. The second-order valence-electron chi connectivity index (χ2n) is 6.58. The number of likely N-dealkylation sites (N-methyl/N-ethyl adjacent to an activating group) is 1. The molecule has 0 radical (unpaired) electrons. The molecule has 26 heavy (non-hydrogen) atoms. The van der Waals surface area contributed by atoms with E-state index < -0.39 is 17.2 Å². The van der Waals surface area contributed by atoms with Gasteiger partial charge in [0.15, 0.2) is 5.41 Å². The second kappa shape index (κ2) is 6.64. The summed E-state index contributed by atoms with van der Waals surface area (Å²) < 4.78 is 13.9. The monoisotopic (exact) mass is 347 g/mol. The van der Waals surface area contributed by atoms with Crippen LogP contribution in [-0.2, 0) is 0 Å². The molecule has 0 aromatic heterocycles. The van der Waals surface area contributed by atoms with Gasteiger partial charge in [-0.1, -0.05) is 25.1 Å². The summed E-state index contributed by atoms with van der Waals surface area (Å²) in [5, 5.41) is 29.5. The zero-order valence-electron chi connectivity index (χ0n) is 14.4. The zero-order chi connectivity index (χ0) is 18.9. The summed E-state index contributed by atoms with van der Waals surface area (Å²) in [6, 6.07) is 12.1. The Kier molecular flexibility index (Phi) is 4.51. The number of allylic oxidation sites excluding steroid dienone is 2. The smallest absolute Gasteiger partial charge is 0.191 e. The highest BCUT2D eigenvalue weighted by atomic mass is 19.1. The van der Waals surface area contributed by atoms with Gasteiger partial charge in [-0.15, -0.1) is 0 Å². The molecular weight excluding hydrogens is 329 g/mol. The normalized spacial score (nSPS) is 24.7. The summed E-state index contributed by atoms with van der Waals surface area (Å²) in [5.41, 5.74) is 5.96. The van der Waals surface area contributed by atoms with Gasteiger partial charge in [-0.3, -0.25) is 4.90 Å². The van der Waals surface area contributed by atoms with Crippen molar-refractivity contribution < 1.29 is 4.39 Å². The minimum Gasteiger partial charge on any atom is -0.399 e. The van der Waals surface area contributed by atoms with E-state index in [2.05, 4.69) is 23.1 Å². The summed E-state index contributed by atoms with van der Waals surface area (Å²) in [5.74, 6) is -1.37. The fourth-order valence-electron chi connectivity index (χ4n) is 4.07. The third-order valence-electron chi connectivity index (χ3n) is 5.40. The fourth-order valence-corrected chi connectivity index (χ4v) is 4.07. The molecule has 0 bridgehead atoms. The Morgan fingerprint density at radius 1 is 1.31 bits per heavy atom. The quantitative estimate of drug-likeness (QED) is 0.886. The van der Waals surface area contributed by atoms with Crippen LogP contribution >= 0.6 is 0 Å². The summed E-state index contributed by atoms with van der Waals surface area (Å²) in [7, 11) is 0. The number of nitriles is 3. The molecular formula is C20H18FN5. The van der Waals surface area contributed by atoms with Crippen LogP contribution in [-0.4, -0.2) is 24.5 Å². The van der Waals surface area contributed by atoms with Crippen molar-refractivity contribution in [3.63, 3.8) is 0 Å². The van der Waals surface area contributed by atoms with Crippen LogP contribution < -0.4 is 5.73 Å². The lowest BCUT2D eigenvalue weighted by Crippen LogP contribution is -2.48. The molecule has 5 nitrogen and oxygen atoms in total. The third-order valence-corrected chi connectivity index (χ3v) is 5.40. The first kappa shape index (κ1) is 17.7. The second-order valence-corrected chi connectivity index (χ2v) is 6.58. The number of fused-ring (bicyclic) bond motifs is 1. The molecule has 6 heteroatoms. The standard InChI is InChI=1S/C20H18FN5/c1-2-26-7-6-15-16(9-22)19(25)20(11-23,12-24)18(17(15)10-26)13-4-3-5-14(21)8-13/h3-6,8,17-18H,2,7,10,25H2,1H3/t17-,18-/m0/s1. The third kappa shape index (κ3) is 2.46. The van der Waals surface area contributed by atoms with Crippen molar-refractivity contribution in [2.45, 2.75) is 12.8 Å². The van der Waals surface area contributed by atoms with Gasteiger partial charge in [0.1, 0.15) is 11.9 Å². The number of benzene rings is 1. The first-order chi connectivity index (χ1) is 12.5. The largest absolute Gasteiger partial charge is 0.399 e. The summed E-state index contributed by atoms with van der Waals surface area (Å²) in [6.07, 6.45) is 1.94. The van der Waals surface area contributed by atoms with E-state index in [-0.39, 0.29) is 17.2 Å². The van der Waals surface area contributed by atoms with Gasteiger partial charge in [-0.05, 0) is 29.8 Å². The molecule has 0 spiro atoms. The number of nitrogens with two attached hydrogens (primary N) is 1. The molecule has 0 unspecified atom stereocenters. The molecule has 2 atom stereocenters. The van der Waals surface area contributed by atoms with Gasteiger partial charge in [-0.2, -0.15) is 15.8 Å². The molecule has 2 aliphatic rings. The molecule has 1 heterocycles. The Bertz CT molecular complexity index is 911. The maximum absolute atomic E-state index is 13.9. The van der Waals surface area contributed by atoms with Crippen LogP contribution in [0.2, 0.25) is 0 Å². The van der Waals surface area contributed by atoms with Crippen molar-refractivity contribution in [2.75, 3.05) is 19.6 Å². The molecule has 0 saturated carbocycles. The SMILES string of the molecule is CCN1CC=C2C(C#N)=C(N)C(C#N)(C#N)[C@@H](c3cccc(F)c3)[C@H]2C1. The number of hydrogen-bond donors (Lipinski definition) is 1. The number of halogens is 1. The molecule has 1 aliphatic carbocycles. The van der Waals surface area contributed by atoms with Crippen LogP contribution in [0.15, 0.2) is 47.2 Å². The lowest BCUT2D eigenvalue weighted by atomic mass is 9.58. The molecule has 1 aromatic carbocycles. The topological polar surface area (TPSA) is 101 Å². The van der Waals surface area contributed by atoms with Crippen LogP contribution in [0.25, 0.3) is 0 Å². The first-order valence-electron chi connectivity index (χ1n) is 8.43. The highest BCUT2D eigenvalue weighted by Crippen LogP contribution is 2.54. The Balaban J connectivity index is 2.32. The van der Waals surface area contributed by atoms with Crippen molar-refractivity contribution in [1.29, 1.82) is 15.8 Å². The fraction of sp³-hybridized carbons (Fsp3) is 0.350. The number of nitrogens with zero attached hydrogens (tertiary/aromatic N) is 4. The van der Waals surface area contributed by atoms with Gasteiger partial charge in [0.2, 0.25) is 0 Å². The average molecular weight is 347 g/mol. The van der Waals surface area contributed by atoms with E-state index in [1.807, 2.05) is 13.0 Å². The highest BCUT2D eigenvalue weighted by molar-refractivity contribution is 5.59. The van der Waals surface area contributed by atoms with E-state index in [4.69, 9.17) is 5.73 Å². The van der Waals surface area contributed by atoms with E-state index in [0.717, 1.165) is 12.1 Å². The molecule has 3 rings (SSSR count). The van der Waals surface area contributed by atoms with E-state index in [0.29, 0.717) is 18.7 Å². The van der Waals surface area contributed by atoms with Gasteiger partial charge >= 0.3 is 0 Å². The zero-order valence-corrected chi connectivity index (χ0v) is 14.4. The number of hydrogen-bond acceptors (Lipinski definition) is 5. The van der Waals surface area contributed by atoms with Crippen LogP contribution in [0.4, 0.5) is 4.39 Å². The summed E-state index contributed by atoms with van der Waals surface area (Å²) in [4.78, 5) is 2.16. The maximum atomic E-state index is 13.9. The van der Waals surface area contributed by atoms with Crippen molar-refractivity contribution in [3.05, 3.63) is 58.6 Å². The van der Waals surface area contributed by atoms with Crippen LogP contribution in [0.5, 0.6) is 0 Å². The van der Waals surface area contributed by atoms with Gasteiger partial charge < -0.3 is 5.73 Å². The molecule has 0 amide bonds. The van der Waals surface area contributed by atoms with Gasteiger partial charge in [0.25, 0.3) is 0 Å². The predicted molar refractivity (Wildman–Crippen MR) is 93.3 cm³/mol. The highest BCUT2D eigenvalue weighted by Gasteiger charge is 2.54. The molecule has 130 valence electrons. The average Bonchev–Trinajstić information content (AvgIpc) is 2.66. The lowest BCUT2D eigenvalue weighted by molar-refractivity contribution is 0.214. The predicted octanol–water partition coefficient (Wildman–Crippen LogP) is 2.57. The molecule has 0 fully saturated rings. The maximum Gasteiger partial charge on any atom is 0.191 e. The van der Waals surface area contributed by atoms with Crippen molar-refractivity contribution in [1.82, 2.24) is 4.90 Å². The van der Waals surface area contributed by atoms with Gasteiger partial charge in [0, 0.05) is 24.9 Å². The molecule has 1 aromatic rings. The van der Waals surface area contributed by atoms with Crippen molar-refractivity contribution in [3.8, 4) is 18.2 Å².